The maximum atomic E-state index is 2.31. The van der Waals surface area contributed by atoms with Crippen LogP contribution in [0.1, 0.15) is 13.8 Å². The normalized spacial score (nSPS) is 9.43. The van der Waals surface area contributed by atoms with Crippen LogP contribution in [0.5, 0.6) is 0 Å². The first kappa shape index (κ1) is 10.5. The van der Waals surface area contributed by atoms with E-state index in [9.17, 15) is 0 Å². The monoisotopic (exact) mass is 115 g/mol. The quantitative estimate of drug-likeness (QED) is 0.360. The lowest BCUT2D eigenvalue weighted by Crippen LogP contribution is -1.86. The van der Waals surface area contributed by atoms with Crippen molar-refractivity contribution in [3.63, 3.8) is 0 Å². The minimum atomic E-state index is 0. The molecule has 0 aliphatic carbocycles. The van der Waals surface area contributed by atoms with Gasteiger partial charge in [-0.05, 0) is 19.0 Å². The number of hydrogen-bond acceptors (Lipinski definition) is 0. The van der Waals surface area contributed by atoms with Crippen LogP contribution in [0.4, 0.5) is 0 Å². The van der Waals surface area contributed by atoms with E-state index in [4.69, 9.17) is 0 Å². The molecule has 2 heteroatoms. The van der Waals surface area contributed by atoms with Crippen LogP contribution in [0.2, 0.25) is 0 Å². The Bertz CT molecular complexity index is 29.1. The average Bonchev–Trinajstić information content (AvgIpc) is 1.36. The van der Waals surface area contributed by atoms with Gasteiger partial charge < -0.3 is 0 Å². The molecule has 0 nitrogen and oxygen atoms in total. The molecule has 0 aromatic heterocycles. The zero-order valence-electron chi connectivity index (χ0n) is 5.60. The van der Waals surface area contributed by atoms with E-state index in [1.54, 1.807) is 0 Å². The predicted octanol–water partition coefficient (Wildman–Crippen LogP) is 1.76. The number of rotatable bonds is 1. The van der Waals surface area contributed by atoms with Crippen molar-refractivity contribution in [3.05, 3.63) is 0 Å². The van der Waals surface area contributed by atoms with Crippen LogP contribution < -0.4 is 0 Å². The zero-order chi connectivity index (χ0) is 5.15. The van der Waals surface area contributed by atoms with Crippen LogP contribution in [0.3, 0.4) is 0 Å². The SMILES string of the molecule is CC(C)P(C)C.[B]. The van der Waals surface area contributed by atoms with Crippen molar-refractivity contribution < 1.29 is 0 Å². The smallest absolute Gasteiger partial charge is 0 e. The minimum Gasteiger partial charge on any atom is -0.110 e. The molecule has 0 aromatic rings. The fraction of sp³-hybridized carbons (Fsp3) is 1.00. The Morgan fingerprint density at radius 1 is 1.14 bits per heavy atom. The van der Waals surface area contributed by atoms with Crippen LogP contribution in [-0.4, -0.2) is 27.4 Å². The van der Waals surface area contributed by atoms with Crippen LogP contribution in [0.15, 0.2) is 0 Å². The molecule has 0 rings (SSSR count). The third-order valence-corrected chi connectivity index (χ3v) is 3.10. The van der Waals surface area contributed by atoms with Crippen LogP contribution in [-0.2, 0) is 0 Å². The Hall–Kier alpha value is 0.495. The second kappa shape index (κ2) is 4.65. The van der Waals surface area contributed by atoms with E-state index >= 15 is 0 Å². The first-order chi connectivity index (χ1) is 2.64. The molecule has 0 N–H and O–H groups in total. The summed E-state index contributed by atoms with van der Waals surface area (Å²) in [5.74, 6) is 0. The Balaban J connectivity index is 0. The largest absolute Gasteiger partial charge is 0.110 e. The van der Waals surface area contributed by atoms with Gasteiger partial charge in [-0.25, -0.2) is 0 Å². The standard InChI is InChI=1S/C5H13P.B/c1-5(2)6(3)4;/h5H,1-4H3;. The van der Waals surface area contributed by atoms with Crippen LogP contribution in [0.25, 0.3) is 0 Å². The highest BCUT2D eigenvalue weighted by molar-refractivity contribution is 7.56. The van der Waals surface area contributed by atoms with Gasteiger partial charge in [0.05, 0.1) is 0 Å². The van der Waals surface area contributed by atoms with Crippen molar-refractivity contribution in [1.82, 2.24) is 0 Å². The van der Waals surface area contributed by atoms with Gasteiger partial charge in [-0.3, -0.25) is 0 Å². The van der Waals surface area contributed by atoms with E-state index in [1.807, 2.05) is 0 Å². The van der Waals surface area contributed by atoms with Crippen molar-refractivity contribution in [3.8, 4) is 0 Å². The van der Waals surface area contributed by atoms with Crippen LogP contribution >= 0.6 is 7.92 Å². The zero-order valence-corrected chi connectivity index (χ0v) is 6.50. The summed E-state index contributed by atoms with van der Waals surface area (Å²) in [6, 6.07) is 0. The summed E-state index contributed by atoms with van der Waals surface area (Å²) in [6.07, 6.45) is 0. The summed E-state index contributed by atoms with van der Waals surface area (Å²) in [6.45, 7) is 9.15. The second-order valence-electron chi connectivity index (χ2n) is 2.06. The predicted molar refractivity (Wildman–Crippen MR) is 39.7 cm³/mol. The summed E-state index contributed by atoms with van der Waals surface area (Å²) < 4.78 is 0. The summed E-state index contributed by atoms with van der Waals surface area (Å²) in [5.41, 5.74) is 0.917. The van der Waals surface area contributed by atoms with E-state index in [0.717, 1.165) is 5.66 Å². The molecule has 0 aliphatic heterocycles. The summed E-state index contributed by atoms with van der Waals surface area (Å²) in [5, 5.41) is 0. The van der Waals surface area contributed by atoms with Crippen molar-refractivity contribution in [2.45, 2.75) is 19.5 Å². The van der Waals surface area contributed by atoms with Gasteiger partial charge >= 0.3 is 0 Å². The van der Waals surface area contributed by atoms with E-state index in [0.29, 0.717) is 7.92 Å². The molecule has 3 radical (unpaired) electrons. The molecule has 0 fully saturated rings. The van der Waals surface area contributed by atoms with Crippen molar-refractivity contribution in [2.75, 3.05) is 13.3 Å². The highest BCUT2D eigenvalue weighted by atomic mass is 31.1. The molecule has 0 aliphatic rings. The topological polar surface area (TPSA) is 0 Å². The Morgan fingerprint density at radius 3 is 1.29 bits per heavy atom. The molecule has 0 saturated carbocycles. The third-order valence-electron chi connectivity index (χ3n) is 1.03. The number of hydrogen-bond donors (Lipinski definition) is 0. The molecule has 0 unspecified atom stereocenters. The fourth-order valence-electron chi connectivity index (χ4n) is 0. The maximum Gasteiger partial charge on any atom is 0 e. The molecule has 0 atom stereocenters. The minimum absolute atomic E-state index is 0. The lowest BCUT2D eigenvalue weighted by molar-refractivity contribution is 1.10. The first-order valence-corrected chi connectivity index (χ1v) is 4.61. The van der Waals surface area contributed by atoms with E-state index in [1.165, 1.54) is 0 Å². The first-order valence-electron chi connectivity index (χ1n) is 2.31. The van der Waals surface area contributed by atoms with E-state index in [2.05, 4.69) is 27.2 Å². The van der Waals surface area contributed by atoms with Gasteiger partial charge in [0, 0.05) is 8.41 Å². The molecule has 41 valence electrons. The van der Waals surface area contributed by atoms with Crippen molar-refractivity contribution in [2.24, 2.45) is 0 Å². The van der Waals surface area contributed by atoms with Gasteiger partial charge in [-0.2, -0.15) is 0 Å². The molecule has 0 aromatic carbocycles. The fourth-order valence-corrected chi connectivity index (χ4v) is 0. The molecule has 0 heterocycles. The van der Waals surface area contributed by atoms with Gasteiger partial charge in [0.15, 0.2) is 0 Å². The summed E-state index contributed by atoms with van der Waals surface area (Å²) in [4.78, 5) is 0. The van der Waals surface area contributed by atoms with Gasteiger partial charge in [-0.1, -0.05) is 13.8 Å². The molecule has 0 bridgehead atoms. The maximum absolute atomic E-state index is 2.31. The van der Waals surface area contributed by atoms with Gasteiger partial charge in [-0.15, -0.1) is 7.92 Å². The highest BCUT2D eigenvalue weighted by Crippen LogP contribution is 2.30. The van der Waals surface area contributed by atoms with Gasteiger partial charge in [0.2, 0.25) is 0 Å². The summed E-state index contributed by atoms with van der Waals surface area (Å²) >= 11 is 0. The Kier molecular flexibility index (Phi) is 6.95. The lowest BCUT2D eigenvalue weighted by Gasteiger charge is -2.06. The lowest BCUT2D eigenvalue weighted by atomic mass is 10.6. The van der Waals surface area contributed by atoms with E-state index < -0.39 is 0 Å². The molecular formula is C5H13BP. The third kappa shape index (κ3) is 6.49. The molecular weight excluding hydrogens is 102 g/mol. The molecule has 0 saturated heterocycles. The highest BCUT2D eigenvalue weighted by Gasteiger charge is 1.94. The molecule has 0 spiro atoms. The van der Waals surface area contributed by atoms with Crippen molar-refractivity contribution >= 4 is 16.3 Å². The Labute approximate surface area is 50.0 Å². The molecule has 7 heavy (non-hydrogen) atoms. The Morgan fingerprint density at radius 2 is 1.29 bits per heavy atom. The van der Waals surface area contributed by atoms with Gasteiger partial charge in [0.1, 0.15) is 0 Å². The second-order valence-corrected chi connectivity index (χ2v) is 5.02. The average molecular weight is 115 g/mol. The van der Waals surface area contributed by atoms with Gasteiger partial charge in [0.25, 0.3) is 0 Å². The van der Waals surface area contributed by atoms with E-state index in [-0.39, 0.29) is 8.41 Å². The van der Waals surface area contributed by atoms with Crippen molar-refractivity contribution in [1.29, 1.82) is 0 Å². The summed E-state index contributed by atoms with van der Waals surface area (Å²) in [7, 11) is 0.341. The van der Waals surface area contributed by atoms with Crippen LogP contribution in [0, 0.1) is 0 Å². The molecule has 0 amide bonds.